The summed E-state index contributed by atoms with van der Waals surface area (Å²) in [6.07, 6.45) is 0. The second kappa shape index (κ2) is 6.26. The number of pyridine rings is 1. The van der Waals surface area contributed by atoms with Crippen LogP contribution >= 0.6 is 11.6 Å². The first-order valence-electron chi connectivity index (χ1n) is 7.88. The molecule has 6 heteroatoms. The second-order valence-electron chi connectivity index (χ2n) is 5.77. The first kappa shape index (κ1) is 15.7. The highest BCUT2D eigenvalue weighted by molar-refractivity contribution is 6.31. The number of hydrogen-bond donors (Lipinski definition) is 1. The summed E-state index contributed by atoms with van der Waals surface area (Å²) < 4.78 is 11.0. The van der Waals surface area contributed by atoms with E-state index in [4.69, 9.17) is 21.1 Å². The molecule has 5 nitrogen and oxygen atoms in total. The zero-order valence-electron chi connectivity index (χ0n) is 13.5. The standard InChI is InChI=1S/C19H15ClN2O3/c1-11-15(9-12-8-13(20)2-4-16(12)21-11)19(23)22-14-3-5-17-18(10-14)25-7-6-24-17/h2-5,8-10H,6-7H2,1H3,(H,22,23). The zero-order chi connectivity index (χ0) is 17.4. The molecule has 0 atom stereocenters. The lowest BCUT2D eigenvalue weighted by Gasteiger charge is -2.19. The molecule has 25 heavy (non-hydrogen) atoms. The van der Waals surface area contributed by atoms with Gasteiger partial charge in [-0.3, -0.25) is 9.78 Å². The van der Waals surface area contributed by atoms with Crippen LogP contribution in [0.25, 0.3) is 10.9 Å². The number of nitrogens with zero attached hydrogens (tertiary/aromatic N) is 1. The van der Waals surface area contributed by atoms with Gasteiger partial charge in [-0.25, -0.2) is 0 Å². The van der Waals surface area contributed by atoms with E-state index in [2.05, 4.69) is 10.3 Å². The molecule has 0 saturated carbocycles. The number of amides is 1. The van der Waals surface area contributed by atoms with Gasteiger partial charge in [0.25, 0.3) is 5.91 Å². The Bertz CT molecular complexity index is 988. The molecule has 4 rings (SSSR count). The lowest BCUT2D eigenvalue weighted by Crippen LogP contribution is -2.17. The molecule has 1 aliphatic heterocycles. The van der Waals surface area contributed by atoms with Crippen LogP contribution in [0.15, 0.2) is 42.5 Å². The summed E-state index contributed by atoms with van der Waals surface area (Å²) in [6, 6.07) is 12.5. The van der Waals surface area contributed by atoms with E-state index in [-0.39, 0.29) is 5.91 Å². The van der Waals surface area contributed by atoms with Crippen LogP contribution < -0.4 is 14.8 Å². The van der Waals surface area contributed by atoms with Crippen molar-refractivity contribution >= 4 is 34.1 Å². The van der Waals surface area contributed by atoms with E-state index in [1.54, 1.807) is 36.4 Å². The molecule has 1 amide bonds. The van der Waals surface area contributed by atoms with Crippen molar-refractivity contribution in [2.45, 2.75) is 6.92 Å². The van der Waals surface area contributed by atoms with E-state index < -0.39 is 0 Å². The van der Waals surface area contributed by atoms with Gasteiger partial charge in [0.15, 0.2) is 11.5 Å². The Hall–Kier alpha value is -2.79. The number of benzene rings is 2. The molecule has 126 valence electrons. The van der Waals surface area contributed by atoms with Gasteiger partial charge >= 0.3 is 0 Å². The van der Waals surface area contributed by atoms with Crippen molar-refractivity contribution in [3.8, 4) is 11.5 Å². The predicted octanol–water partition coefficient (Wildman–Crippen LogP) is 4.22. The molecule has 1 aliphatic rings. The minimum Gasteiger partial charge on any atom is -0.486 e. The fourth-order valence-corrected chi connectivity index (χ4v) is 2.97. The Labute approximate surface area is 149 Å². The van der Waals surface area contributed by atoms with Crippen molar-refractivity contribution in [1.82, 2.24) is 4.98 Å². The third kappa shape index (κ3) is 3.10. The third-order valence-electron chi connectivity index (χ3n) is 4.01. The van der Waals surface area contributed by atoms with Crippen LogP contribution in [-0.2, 0) is 0 Å². The van der Waals surface area contributed by atoms with E-state index >= 15 is 0 Å². The molecule has 0 saturated heterocycles. The fraction of sp³-hybridized carbons (Fsp3) is 0.158. The number of ether oxygens (including phenoxy) is 2. The quantitative estimate of drug-likeness (QED) is 0.748. The van der Waals surface area contributed by atoms with Crippen LogP contribution in [0.1, 0.15) is 16.1 Å². The molecule has 0 radical (unpaired) electrons. The predicted molar refractivity (Wildman–Crippen MR) is 96.9 cm³/mol. The monoisotopic (exact) mass is 354 g/mol. The Morgan fingerprint density at radius 2 is 1.88 bits per heavy atom. The number of carbonyl (C=O) groups excluding carboxylic acids is 1. The lowest BCUT2D eigenvalue weighted by atomic mass is 10.1. The van der Waals surface area contributed by atoms with Gasteiger partial charge in [0.2, 0.25) is 0 Å². The average Bonchev–Trinajstić information content (AvgIpc) is 2.61. The van der Waals surface area contributed by atoms with Crippen LogP contribution in [-0.4, -0.2) is 24.1 Å². The van der Waals surface area contributed by atoms with Gasteiger partial charge < -0.3 is 14.8 Å². The van der Waals surface area contributed by atoms with E-state index in [0.717, 1.165) is 10.9 Å². The first-order chi connectivity index (χ1) is 12.1. The van der Waals surface area contributed by atoms with Crippen LogP contribution in [0.2, 0.25) is 5.02 Å². The highest BCUT2D eigenvalue weighted by Crippen LogP contribution is 2.32. The van der Waals surface area contributed by atoms with Crippen molar-refractivity contribution in [2.75, 3.05) is 18.5 Å². The summed E-state index contributed by atoms with van der Waals surface area (Å²) in [4.78, 5) is 17.2. The van der Waals surface area contributed by atoms with Gasteiger partial charge in [0.1, 0.15) is 13.2 Å². The third-order valence-corrected chi connectivity index (χ3v) is 4.25. The number of carbonyl (C=O) groups is 1. The molecule has 0 unspecified atom stereocenters. The molecular formula is C19H15ClN2O3. The second-order valence-corrected chi connectivity index (χ2v) is 6.21. The molecule has 0 fully saturated rings. The smallest absolute Gasteiger partial charge is 0.257 e. The molecule has 2 heterocycles. The molecule has 3 aromatic rings. The maximum Gasteiger partial charge on any atom is 0.257 e. The molecule has 1 aromatic heterocycles. The van der Waals surface area contributed by atoms with Crippen molar-refractivity contribution < 1.29 is 14.3 Å². The van der Waals surface area contributed by atoms with Crippen LogP contribution in [0.4, 0.5) is 5.69 Å². The number of anilines is 1. The Morgan fingerprint density at radius 3 is 2.72 bits per heavy atom. The summed E-state index contributed by atoms with van der Waals surface area (Å²) in [5.41, 5.74) is 2.60. The Balaban J connectivity index is 1.64. The molecule has 2 aromatic carbocycles. The van der Waals surface area contributed by atoms with Gasteiger partial charge in [-0.2, -0.15) is 0 Å². The maximum atomic E-state index is 12.7. The van der Waals surface area contributed by atoms with Gasteiger partial charge in [-0.1, -0.05) is 11.6 Å². The van der Waals surface area contributed by atoms with Crippen molar-refractivity contribution in [3.63, 3.8) is 0 Å². The maximum absolute atomic E-state index is 12.7. The number of fused-ring (bicyclic) bond motifs is 2. The number of halogens is 1. The Morgan fingerprint density at radius 1 is 1.08 bits per heavy atom. The van der Waals surface area contributed by atoms with E-state index in [1.807, 2.05) is 13.0 Å². The molecule has 0 spiro atoms. The number of aromatic nitrogens is 1. The van der Waals surface area contributed by atoms with E-state index in [9.17, 15) is 4.79 Å². The molecule has 0 aliphatic carbocycles. The summed E-state index contributed by atoms with van der Waals surface area (Å²) in [7, 11) is 0. The number of hydrogen-bond acceptors (Lipinski definition) is 4. The minimum atomic E-state index is -0.233. The summed E-state index contributed by atoms with van der Waals surface area (Å²) in [5, 5.41) is 4.31. The largest absolute Gasteiger partial charge is 0.486 e. The number of aryl methyl sites for hydroxylation is 1. The number of rotatable bonds is 2. The van der Waals surface area contributed by atoms with Crippen LogP contribution in [0, 0.1) is 6.92 Å². The normalized spacial score (nSPS) is 12.9. The average molecular weight is 355 g/mol. The van der Waals surface area contributed by atoms with Crippen molar-refractivity contribution in [2.24, 2.45) is 0 Å². The summed E-state index contributed by atoms with van der Waals surface area (Å²) in [5.74, 6) is 1.08. The molecule has 1 N–H and O–H groups in total. The Kier molecular flexibility index (Phi) is 3.93. The highest BCUT2D eigenvalue weighted by atomic mass is 35.5. The van der Waals surface area contributed by atoms with Gasteiger partial charge in [0.05, 0.1) is 16.8 Å². The van der Waals surface area contributed by atoms with Gasteiger partial charge in [-0.15, -0.1) is 0 Å². The van der Waals surface area contributed by atoms with Crippen LogP contribution in [0.3, 0.4) is 0 Å². The zero-order valence-corrected chi connectivity index (χ0v) is 14.3. The molecular weight excluding hydrogens is 340 g/mol. The SMILES string of the molecule is Cc1nc2ccc(Cl)cc2cc1C(=O)Nc1ccc2c(c1)OCCO2. The van der Waals surface area contributed by atoms with E-state index in [1.165, 1.54) is 0 Å². The number of nitrogens with one attached hydrogen (secondary N) is 1. The van der Waals surface area contributed by atoms with Gasteiger partial charge in [0, 0.05) is 22.2 Å². The molecule has 0 bridgehead atoms. The van der Waals surface area contributed by atoms with Crippen LogP contribution in [0.5, 0.6) is 11.5 Å². The minimum absolute atomic E-state index is 0.233. The van der Waals surface area contributed by atoms with Crippen molar-refractivity contribution in [3.05, 3.63) is 58.7 Å². The fourth-order valence-electron chi connectivity index (χ4n) is 2.79. The highest BCUT2D eigenvalue weighted by Gasteiger charge is 2.15. The summed E-state index contributed by atoms with van der Waals surface area (Å²) in [6.45, 7) is 2.84. The lowest BCUT2D eigenvalue weighted by molar-refractivity contribution is 0.102. The first-order valence-corrected chi connectivity index (χ1v) is 8.26. The van der Waals surface area contributed by atoms with Crippen molar-refractivity contribution in [1.29, 1.82) is 0 Å². The van der Waals surface area contributed by atoms with E-state index in [0.29, 0.717) is 46.7 Å². The van der Waals surface area contributed by atoms with Gasteiger partial charge in [-0.05, 0) is 43.3 Å². The topological polar surface area (TPSA) is 60.5 Å². The summed E-state index contributed by atoms with van der Waals surface area (Å²) >= 11 is 6.03.